The van der Waals surface area contributed by atoms with Crippen molar-refractivity contribution in [3.05, 3.63) is 70.8 Å². The molecule has 0 aromatic heterocycles. The predicted octanol–water partition coefficient (Wildman–Crippen LogP) is 3.58. The van der Waals surface area contributed by atoms with E-state index in [0.29, 0.717) is 17.5 Å². The van der Waals surface area contributed by atoms with Crippen molar-refractivity contribution in [2.24, 2.45) is 11.1 Å². The molecule has 0 aliphatic carbocycles. The van der Waals surface area contributed by atoms with Crippen LogP contribution in [0.4, 0.5) is 0 Å². The first-order chi connectivity index (χ1) is 24.7. The van der Waals surface area contributed by atoms with Crippen molar-refractivity contribution in [2.45, 2.75) is 97.2 Å². The second kappa shape index (κ2) is 17.8. The first kappa shape index (κ1) is 39.5. The van der Waals surface area contributed by atoms with Gasteiger partial charge in [-0.05, 0) is 48.9 Å². The molecule has 2 aliphatic heterocycles. The number of hydrogen-bond donors (Lipinski definition) is 0. The summed E-state index contributed by atoms with van der Waals surface area (Å²) in [5, 5.41) is 3.98. The molecule has 4 rings (SSSR count). The topological polar surface area (TPSA) is 183 Å². The van der Waals surface area contributed by atoms with Gasteiger partial charge in [0, 0.05) is 33.3 Å². The Balaban J connectivity index is 1.58. The van der Waals surface area contributed by atoms with Crippen molar-refractivity contribution in [3.63, 3.8) is 0 Å². The number of hydrogen-bond acceptors (Lipinski definition) is 14. The number of methoxy groups -OCH3 is 1. The van der Waals surface area contributed by atoms with Crippen LogP contribution < -0.4 is 0 Å². The van der Waals surface area contributed by atoms with Crippen LogP contribution in [0.3, 0.4) is 0 Å². The Hall–Kier alpha value is -5.31. The molecular formula is C37H44N2O13. The van der Waals surface area contributed by atoms with Crippen LogP contribution >= 0.6 is 0 Å². The zero-order valence-electron chi connectivity index (χ0n) is 30.1. The van der Waals surface area contributed by atoms with Crippen LogP contribution in [0, 0.1) is 12.8 Å². The highest BCUT2D eigenvalue weighted by Crippen LogP contribution is 2.40. The van der Waals surface area contributed by atoms with E-state index in [-0.39, 0.29) is 17.9 Å². The maximum Gasteiger partial charge on any atom is 0.328 e. The van der Waals surface area contributed by atoms with Crippen molar-refractivity contribution in [3.8, 4) is 0 Å². The third-order valence-corrected chi connectivity index (χ3v) is 8.67. The van der Waals surface area contributed by atoms with Gasteiger partial charge in [-0.3, -0.25) is 24.0 Å². The molecule has 52 heavy (non-hydrogen) atoms. The molecule has 2 aromatic carbocycles. The number of ether oxygens (including phenoxy) is 6. The summed E-state index contributed by atoms with van der Waals surface area (Å²) >= 11 is 0. The number of esters is 5. The molecule has 0 radical (unpaired) electrons. The van der Waals surface area contributed by atoms with Gasteiger partial charge < -0.3 is 38.2 Å². The molecule has 2 heterocycles. The SMILES string of the molecule is COC(=O)[C@@H]1CC[C@H](C)[C@@H](c2ccc(C)cc2)N1C(=O)c1ccc(C=NO[C@@H]2O[C@H](COC(C)=O)[C@@H](OC(C)=O)[C@H](OC(C)=O)[C@H]2OC(C)=O)cc1. The zero-order valence-corrected chi connectivity index (χ0v) is 30.1. The number of amides is 1. The Labute approximate surface area is 301 Å². The molecule has 2 aromatic rings. The van der Waals surface area contributed by atoms with E-state index in [1.54, 1.807) is 29.2 Å². The quantitative estimate of drug-likeness (QED) is 0.142. The van der Waals surface area contributed by atoms with E-state index >= 15 is 0 Å². The van der Waals surface area contributed by atoms with Crippen LogP contribution in [0.5, 0.6) is 0 Å². The summed E-state index contributed by atoms with van der Waals surface area (Å²) in [6, 6.07) is 13.2. The molecule has 2 aliphatic rings. The Morgan fingerprint density at radius 2 is 1.40 bits per heavy atom. The minimum Gasteiger partial charge on any atom is -0.467 e. The molecular weight excluding hydrogens is 680 g/mol. The lowest BCUT2D eigenvalue weighted by molar-refractivity contribution is -0.308. The van der Waals surface area contributed by atoms with Crippen molar-refractivity contribution < 1.29 is 62.0 Å². The van der Waals surface area contributed by atoms with Crippen LogP contribution in [-0.2, 0) is 57.2 Å². The summed E-state index contributed by atoms with van der Waals surface area (Å²) in [6.07, 6.45) is -4.42. The number of aryl methyl sites for hydroxylation is 1. The molecule has 0 spiro atoms. The van der Waals surface area contributed by atoms with Crippen LogP contribution in [0.15, 0.2) is 53.7 Å². The highest BCUT2D eigenvalue weighted by molar-refractivity contribution is 5.98. The van der Waals surface area contributed by atoms with Gasteiger partial charge in [0.1, 0.15) is 18.8 Å². The Morgan fingerprint density at radius 1 is 0.808 bits per heavy atom. The van der Waals surface area contributed by atoms with Crippen molar-refractivity contribution in [1.82, 2.24) is 4.90 Å². The van der Waals surface area contributed by atoms with E-state index in [1.807, 2.05) is 31.2 Å². The average Bonchev–Trinajstić information content (AvgIpc) is 3.09. The molecule has 1 amide bonds. The van der Waals surface area contributed by atoms with Crippen LogP contribution in [0.2, 0.25) is 0 Å². The number of carbonyl (C=O) groups excluding carboxylic acids is 6. The first-order valence-corrected chi connectivity index (χ1v) is 16.8. The van der Waals surface area contributed by atoms with E-state index in [2.05, 4.69) is 12.1 Å². The second-order valence-corrected chi connectivity index (χ2v) is 12.7. The first-order valence-electron chi connectivity index (χ1n) is 16.8. The summed E-state index contributed by atoms with van der Waals surface area (Å²) in [4.78, 5) is 81.9. The van der Waals surface area contributed by atoms with Gasteiger partial charge in [0.15, 0.2) is 12.2 Å². The minimum absolute atomic E-state index is 0.0762. The van der Waals surface area contributed by atoms with Gasteiger partial charge in [0.05, 0.1) is 19.4 Å². The molecule has 0 N–H and O–H groups in total. The number of oxime groups is 1. The van der Waals surface area contributed by atoms with Gasteiger partial charge in [0.2, 0.25) is 6.10 Å². The average molecular weight is 725 g/mol. The standard InChI is InChI=1S/C37H44N2O13/c1-20-8-13-27(14-9-20)31-21(2)10-17-29(36(45)46-7)39(31)35(44)28-15-11-26(12-16-28)18-38-52-37-34(50-25(6)43)33(49-24(5)42)32(48-23(4)41)30(51-37)19-47-22(3)40/h8-9,11-16,18,21,29-34,37H,10,17,19H2,1-7H3/t21-,29-,30+,31-,32+,33-,34+,37-/m0/s1. The predicted molar refractivity (Wildman–Crippen MR) is 181 cm³/mol. The third kappa shape index (κ3) is 9.93. The lowest BCUT2D eigenvalue weighted by atomic mass is 9.82. The number of rotatable bonds is 11. The summed E-state index contributed by atoms with van der Waals surface area (Å²) < 4.78 is 32.2. The maximum atomic E-state index is 14.1. The largest absolute Gasteiger partial charge is 0.467 e. The van der Waals surface area contributed by atoms with Crippen molar-refractivity contribution >= 4 is 42.0 Å². The second-order valence-electron chi connectivity index (χ2n) is 12.7. The highest BCUT2D eigenvalue weighted by atomic mass is 16.8. The normalized spacial score (nSPS) is 25.8. The number of carbonyl (C=O) groups is 6. The maximum absolute atomic E-state index is 14.1. The fraction of sp³-hybridized carbons (Fsp3) is 0.486. The molecule has 15 nitrogen and oxygen atoms in total. The molecule has 280 valence electrons. The number of likely N-dealkylation sites (tertiary alicyclic amines) is 1. The van der Waals surface area contributed by atoms with E-state index in [1.165, 1.54) is 20.2 Å². The fourth-order valence-corrected chi connectivity index (χ4v) is 6.36. The summed E-state index contributed by atoms with van der Waals surface area (Å²) in [6.45, 7) is 8.12. The third-order valence-electron chi connectivity index (χ3n) is 8.67. The molecule has 15 heteroatoms. The van der Waals surface area contributed by atoms with Gasteiger partial charge in [-0.25, -0.2) is 4.79 Å². The van der Waals surface area contributed by atoms with Gasteiger partial charge in [-0.1, -0.05) is 54.0 Å². The number of nitrogens with zero attached hydrogens (tertiary/aromatic N) is 2. The van der Waals surface area contributed by atoms with Crippen molar-refractivity contribution in [2.75, 3.05) is 13.7 Å². The van der Waals surface area contributed by atoms with Gasteiger partial charge in [-0.15, -0.1) is 0 Å². The zero-order chi connectivity index (χ0) is 38.1. The van der Waals surface area contributed by atoms with E-state index in [0.717, 1.165) is 38.3 Å². The van der Waals surface area contributed by atoms with E-state index in [4.69, 9.17) is 33.3 Å². The van der Waals surface area contributed by atoms with Crippen molar-refractivity contribution in [1.29, 1.82) is 0 Å². The Bertz CT molecular complexity index is 1640. The molecule has 2 fully saturated rings. The lowest BCUT2D eigenvalue weighted by Crippen LogP contribution is -2.62. The Morgan fingerprint density at radius 3 is 1.98 bits per heavy atom. The number of piperidine rings is 1. The molecule has 0 saturated carbocycles. The monoisotopic (exact) mass is 724 g/mol. The molecule has 0 bridgehead atoms. The lowest BCUT2D eigenvalue weighted by Gasteiger charge is -2.44. The smallest absolute Gasteiger partial charge is 0.328 e. The number of benzene rings is 2. The Kier molecular flexibility index (Phi) is 13.5. The van der Waals surface area contributed by atoms with E-state index < -0.39 is 73.2 Å². The van der Waals surface area contributed by atoms with Gasteiger partial charge in [-0.2, -0.15) is 0 Å². The summed E-state index contributed by atoms with van der Waals surface area (Å²) in [7, 11) is 1.31. The fourth-order valence-electron chi connectivity index (χ4n) is 6.36. The molecule has 2 saturated heterocycles. The molecule has 8 atom stereocenters. The highest BCUT2D eigenvalue weighted by Gasteiger charge is 2.53. The molecule has 0 unspecified atom stereocenters. The van der Waals surface area contributed by atoms with Crippen LogP contribution in [0.1, 0.15) is 80.6 Å². The van der Waals surface area contributed by atoms with Gasteiger partial charge >= 0.3 is 29.8 Å². The van der Waals surface area contributed by atoms with Crippen LogP contribution in [-0.4, -0.2) is 97.3 Å². The van der Waals surface area contributed by atoms with Crippen LogP contribution in [0.25, 0.3) is 0 Å². The summed E-state index contributed by atoms with van der Waals surface area (Å²) in [5.74, 6) is -3.74. The van der Waals surface area contributed by atoms with Gasteiger partial charge in [0.25, 0.3) is 12.2 Å². The summed E-state index contributed by atoms with van der Waals surface area (Å²) in [5.41, 5.74) is 2.82. The minimum atomic E-state index is -1.51. The van der Waals surface area contributed by atoms with E-state index in [9.17, 15) is 28.8 Å².